The van der Waals surface area contributed by atoms with Crippen LogP contribution in [0.15, 0.2) is 36.7 Å². The lowest BCUT2D eigenvalue weighted by molar-refractivity contribution is -0.121. The summed E-state index contributed by atoms with van der Waals surface area (Å²) in [5, 5.41) is 4.10. The molecule has 0 radical (unpaired) electrons. The first kappa shape index (κ1) is 11.6. The molecule has 2 heterocycles. The Hall–Kier alpha value is -2.50. The van der Waals surface area contributed by atoms with Crippen LogP contribution in [0.25, 0.3) is 0 Å². The van der Waals surface area contributed by atoms with Gasteiger partial charge in [0.05, 0.1) is 24.1 Å². The van der Waals surface area contributed by atoms with Crippen LogP contribution in [0.4, 0.5) is 11.4 Å². The van der Waals surface area contributed by atoms with Crippen molar-refractivity contribution >= 4 is 17.3 Å². The van der Waals surface area contributed by atoms with Crippen molar-refractivity contribution in [1.29, 1.82) is 0 Å². The van der Waals surface area contributed by atoms with Gasteiger partial charge < -0.3 is 15.4 Å². The Kier molecular flexibility index (Phi) is 2.83. The van der Waals surface area contributed by atoms with Gasteiger partial charge in [0.25, 0.3) is 5.91 Å². The number of fused-ring (bicyclic) bond motifs is 1. The molecule has 1 aromatic carbocycles. The van der Waals surface area contributed by atoms with Crippen LogP contribution in [0.5, 0.6) is 5.75 Å². The third-order valence-corrected chi connectivity index (χ3v) is 3.01. The van der Waals surface area contributed by atoms with Crippen LogP contribution in [0.2, 0.25) is 0 Å². The van der Waals surface area contributed by atoms with Crippen molar-refractivity contribution in [3.63, 3.8) is 0 Å². The first-order valence-corrected chi connectivity index (χ1v) is 6.04. The third kappa shape index (κ3) is 2.24. The normalized spacial score (nSPS) is 14.1. The van der Waals surface area contributed by atoms with E-state index >= 15 is 0 Å². The van der Waals surface area contributed by atoms with E-state index in [4.69, 9.17) is 10.5 Å². The molecule has 0 aliphatic carbocycles. The molecule has 0 saturated heterocycles. The van der Waals surface area contributed by atoms with Gasteiger partial charge in [-0.1, -0.05) is 12.1 Å². The van der Waals surface area contributed by atoms with E-state index < -0.39 is 0 Å². The summed E-state index contributed by atoms with van der Waals surface area (Å²) in [6.07, 6.45) is 3.34. The van der Waals surface area contributed by atoms with E-state index in [9.17, 15) is 4.79 Å². The monoisotopic (exact) mass is 258 g/mol. The molecule has 0 spiro atoms. The van der Waals surface area contributed by atoms with E-state index in [1.165, 1.54) is 0 Å². The fraction of sp³-hybridized carbons (Fsp3) is 0.231. The molecule has 1 aliphatic heterocycles. The minimum absolute atomic E-state index is 0.0428. The number of nitrogen functional groups attached to an aromatic ring is 1. The van der Waals surface area contributed by atoms with E-state index in [0.717, 1.165) is 11.4 Å². The molecule has 6 heteroatoms. The van der Waals surface area contributed by atoms with Crippen molar-refractivity contribution in [2.24, 2.45) is 0 Å². The molecule has 0 saturated carbocycles. The Balaban J connectivity index is 1.78. The number of nitrogens with zero attached hydrogens (tertiary/aromatic N) is 3. The summed E-state index contributed by atoms with van der Waals surface area (Å²) in [5.41, 5.74) is 7.03. The molecule has 0 bridgehead atoms. The SMILES string of the molecule is Nc1cnn(CCN2C(=O)COc3ccccc32)c1. The minimum atomic E-state index is -0.0428. The molecule has 0 unspecified atom stereocenters. The van der Waals surface area contributed by atoms with Gasteiger partial charge in [0.15, 0.2) is 6.61 Å². The van der Waals surface area contributed by atoms with E-state index in [-0.39, 0.29) is 12.5 Å². The average Bonchev–Trinajstić information content (AvgIpc) is 2.83. The number of hydrogen-bond donors (Lipinski definition) is 1. The largest absolute Gasteiger partial charge is 0.482 e. The number of benzene rings is 1. The maximum Gasteiger partial charge on any atom is 0.265 e. The second-order valence-electron chi connectivity index (χ2n) is 4.34. The van der Waals surface area contributed by atoms with Crippen molar-refractivity contribution in [1.82, 2.24) is 9.78 Å². The van der Waals surface area contributed by atoms with E-state index in [0.29, 0.717) is 18.8 Å². The molecular formula is C13H14N4O2. The summed E-state index contributed by atoms with van der Waals surface area (Å²) in [6, 6.07) is 7.52. The van der Waals surface area contributed by atoms with Gasteiger partial charge in [-0.2, -0.15) is 5.10 Å². The van der Waals surface area contributed by atoms with Crippen LogP contribution in [-0.4, -0.2) is 28.8 Å². The van der Waals surface area contributed by atoms with Crippen molar-refractivity contribution in [3.05, 3.63) is 36.7 Å². The van der Waals surface area contributed by atoms with Gasteiger partial charge in [0, 0.05) is 12.7 Å². The number of ether oxygens (including phenoxy) is 1. The quantitative estimate of drug-likeness (QED) is 0.887. The lowest BCUT2D eigenvalue weighted by Gasteiger charge is -2.29. The zero-order valence-corrected chi connectivity index (χ0v) is 10.3. The van der Waals surface area contributed by atoms with Crippen LogP contribution in [0.3, 0.4) is 0 Å². The van der Waals surface area contributed by atoms with Crippen molar-refractivity contribution in [3.8, 4) is 5.75 Å². The second-order valence-corrected chi connectivity index (χ2v) is 4.34. The van der Waals surface area contributed by atoms with Gasteiger partial charge in [0.1, 0.15) is 5.75 Å². The summed E-state index contributed by atoms with van der Waals surface area (Å²) in [6.45, 7) is 1.22. The average molecular weight is 258 g/mol. The smallest absolute Gasteiger partial charge is 0.265 e. The number of rotatable bonds is 3. The molecule has 0 atom stereocenters. The molecule has 1 aliphatic rings. The Morgan fingerprint density at radius 1 is 1.32 bits per heavy atom. The van der Waals surface area contributed by atoms with Crippen LogP contribution in [-0.2, 0) is 11.3 Å². The minimum Gasteiger partial charge on any atom is -0.482 e. The van der Waals surface area contributed by atoms with Gasteiger partial charge in [-0.25, -0.2) is 0 Å². The summed E-state index contributed by atoms with van der Waals surface area (Å²) in [4.78, 5) is 13.6. The molecule has 98 valence electrons. The zero-order chi connectivity index (χ0) is 13.2. The Morgan fingerprint density at radius 3 is 2.95 bits per heavy atom. The standard InChI is InChI=1S/C13H14N4O2/c14-10-7-15-16(8-10)5-6-17-11-3-1-2-4-12(11)19-9-13(17)18/h1-4,7-8H,5-6,9,14H2. The molecule has 1 aromatic heterocycles. The second kappa shape index (κ2) is 4.64. The molecule has 6 nitrogen and oxygen atoms in total. The number of hydrogen-bond acceptors (Lipinski definition) is 4. The highest BCUT2D eigenvalue weighted by atomic mass is 16.5. The van der Waals surface area contributed by atoms with Crippen LogP contribution < -0.4 is 15.4 Å². The number of amides is 1. The van der Waals surface area contributed by atoms with Gasteiger partial charge in [-0.3, -0.25) is 9.48 Å². The predicted octanol–water partition coefficient (Wildman–Crippen LogP) is 0.891. The van der Waals surface area contributed by atoms with Gasteiger partial charge in [-0.15, -0.1) is 0 Å². The number of carbonyl (C=O) groups is 1. The van der Waals surface area contributed by atoms with Gasteiger partial charge in [-0.05, 0) is 12.1 Å². The van der Waals surface area contributed by atoms with Gasteiger partial charge >= 0.3 is 0 Å². The fourth-order valence-corrected chi connectivity index (χ4v) is 2.10. The van der Waals surface area contributed by atoms with Crippen LogP contribution in [0, 0.1) is 0 Å². The topological polar surface area (TPSA) is 73.4 Å². The molecule has 1 amide bonds. The molecule has 0 fully saturated rings. The number of aromatic nitrogens is 2. The zero-order valence-electron chi connectivity index (χ0n) is 10.3. The highest BCUT2D eigenvalue weighted by Crippen LogP contribution is 2.31. The Morgan fingerprint density at radius 2 is 2.16 bits per heavy atom. The first-order valence-electron chi connectivity index (χ1n) is 6.04. The lowest BCUT2D eigenvalue weighted by Crippen LogP contribution is -2.40. The summed E-state index contributed by atoms with van der Waals surface area (Å²) in [5.74, 6) is 0.695. The molecule has 3 rings (SSSR count). The summed E-state index contributed by atoms with van der Waals surface area (Å²) >= 11 is 0. The highest BCUT2D eigenvalue weighted by molar-refractivity contribution is 5.97. The van der Waals surface area contributed by atoms with E-state index in [1.54, 1.807) is 22.0 Å². The van der Waals surface area contributed by atoms with Crippen LogP contribution >= 0.6 is 0 Å². The number of carbonyl (C=O) groups excluding carboxylic acids is 1. The van der Waals surface area contributed by atoms with Gasteiger partial charge in [0.2, 0.25) is 0 Å². The van der Waals surface area contributed by atoms with Crippen molar-refractivity contribution < 1.29 is 9.53 Å². The first-order chi connectivity index (χ1) is 9.24. The maximum atomic E-state index is 11.9. The van der Waals surface area contributed by atoms with Crippen molar-refractivity contribution in [2.75, 3.05) is 23.8 Å². The van der Waals surface area contributed by atoms with Crippen LogP contribution in [0.1, 0.15) is 0 Å². The number of para-hydroxylation sites is 2. The van der Waals surface area contributed by atoms with E-state index in [1.807, 2.05) is 24.3 Å². The highest BCUT2D eigenvalue weighted by Gasteiger charge is 2.24. The number of nitrogens with two attached hydrogens (primary N) is 1. The Bertz CT molecular complexity index is 608. The molecule has 19 heavy (non-hydrogen) atoms. The van der Waals surface area contributed by atoms with E-state index in [2.05, 4.69) is 5.10 Å². The lowest BCUT2D eigenvalue weighted by atomic mass is 10.2. The molecule has 2 aromatic rings. The fourth-order valence-electron chi connectivity index (χ4n) is 2.10. The maximum absolute atomic E-state index is 11.9. The summed E-state index contributed by atoms with van der Waals surface area (Å²) < 4.78 is 7.11. The predicted molar refractivity (Wildman–Crippen MR) is 70.9 cm³/mol. The third-order valence-electron chi connectivity index (χ3n) is 3.01. The Labute approximate surface area is 110 Å². The number of anilines is 2. The van der Waals surface area contributed by atoms with Crippen molar-refractivity contribution in [2.45, 2.75) is 6.54 Å². The molecule has 2 N–H and O–H groups in total. The summed E-state index contributed by atoms with van der Waals surface area (Å²) in [7, 11) is 0. The molecular weight excluding hydrogens is 244 g/mol.